The van der Waals surface area contributed by atoms with E-state index in [0.29, 0.717) is 6.42 Å². The van der Waals surface area contributed by atoms with Gasteiger partial charge in [0, 0.05) is 12.0 Å². The molecule has 0 bridgehead atoms. The Labute approximate surface area is 116 Å². The maximum atomic E-state index is 11.9. The monoisotopic (exact) mass is 263 g/mol. The van der Waals surface area contributed by atoms with Gasteiger partial charge in [-0.25, -0.2) is 0 Å². The maximum absolute atomic E-state index is 11.9. The third-order valence-corrected chi connectivity index (χ3v) is 3.46. The molecule has 1 rings (SSSR count). The van der Waals surface area contributed by atoms with Crippen molar-refractivity contribution < 1.29 is 9.53 Å². The van der Waals surface area contributed by atoms with E-state index in [-0.39, 0.29) is 11.4 Å². The Morgan fingerprint density at radius 2 is 2.05 bits per heavy atom. The molecule has 0 heterocycles. The zero-order valence-corrected chi connectivity index (χ0v) is 12.7. The standard InChI is InChI=1S/C16H25NO2/c1-6-16(3,4)17-15(18)10-8-13-7-9-14(19-5)12(2)11-13/h7,9,11H,6,8,10H2,1-5H3,(H,17,18). The van der Waals surface area contributed by atoms with Gasteiger partial charge < -0.3 is 10.1 Å². The molecule has 1 amide bonds. The average molecular weight is 263 g/mol. The van der Waals surface area contributed by atoms with Crippen molar-refractivity contribution in [2.75, 3.05) is 7.11 Å². The highest BCUT2D eigenvalue weighted by Crippen LogP contribution is 2.19. The summed E-state index contributed by atoms with van der Waals surface area (Å²) in [5.41, 5.74) is 2.16. The van der Waals surface area contributed by atoms with E-state index in [4.69, 9.17) is 4.74 Å². The summed E-state index contributed by atoms with van der Waals surface area (Å²) in [6, 6.07) is 6.06. The van der Waals surface area contributed by atoms with E-state index in [1.807, 2.05) is 32.9 Å². The first-order valence-corrected chi connectivity index (χ1v) is 6.82. The summed E-state index contributed by atoms with van der Waals surface area (Å²) in [6.45, 7) is 8.18. The number of methoxy groups -OCH3 is 1. The molecule has 0 aliphatic rings. The fourth-order valence-electron chi connectivity index (χ4n) is 1.88. The number of nitrogens with one attached hydrogen (secondary N) is 1. The fourth-order valence-corrected chi connectivity index (χ4v) is 1.88. The lowest BCUT2D eigenvalue weighted by Gasteiger charge is -2.24. The van der Waals surface area contributed by atoms with Gasteiger partial charge in [0.05, 0.1) is 7.11 Å². The van der Waals surface area contributed by atoms with Crippen molar-refractivity contribution in [1.29, 1.82) is 0 Å². The number of ether oxygens (including phenoxy) is 1. The van der Waals surface area contributed by atoms with E-state index in [2.05, 4.69) is 18.3 Å². The SMILES string of the molecule is CCC(C)(C)NC(=O)CCc1ccc(OC)c(C)c1. The van der Waals surface area contributed by atoms with Crippen molar-refractivity contribution >= 4 is 5.91 Å². The van der Waals surface area contributed by atoms with Crippen molar-refractivity contribution in [2.24, 2.45) is 0 Å². The largest absolute Gasteiger partial charge is 0.496 e. The zero-order chi connectivity index (χ0) is 14.5. The molecule has 0 spiro atoms. The first kappa shape index (κ1) is 15.5. The Morgan fingerprint density at radius 1 is 1.37 bits per heavy atom. The Kier molecular flexibility index (Phi) is 5.40. The van der Waals surface area contributed by atoms with Gasteiger partial charge in [0.15, 0.2) is 0 Å². The summed E-state index contributed by atoms with van der Waals surface area (Å²) in [5.74, 6) is 1.00. The normalized spacial score (nSPS) is 11.2. The second-order valence-electron chi connectivity index (χ2n) is 5.59. The highest BCUT2D eigenvalue weighted by molar-refractivity contribution is 5.77. The molecule has 106 valence electrons. The number of amides is 1. The number of benzene rings is 1. The predicted octanol–water partition coefficient (Wildman–Crippen LogP) is 3.24. The molecule has 1 aromatic carbocycles. The molecule has 1 aromatic rings. The smallest absolute Gasteiger partial charge is 0.220 e. The van der Waals surface area contributed by atoms with Crippen LogP contribution in [0.3, 0.4) is 0 Å². The van der Waals surface area contributed by atoms with Crippen LogP contribution in [0.5, 0.6) is 5.75 Å². The Balaban J connectivity index is 2.53. The van der Waals surface area contributed by atoms with Crippen molar-refractivity contribution in [2.45, 2.75) is 52.5 Å². The van der Waals surface area contributed by atoms with Gasteiger partial charge in [-0.3, -0.25) is 4.79 Å². The van der Waals surface area contributed by atoms with E-state index in [9.17, 15) is 4.79 Å². The van der Waals surface area contributed by atoms with Gasteiger partial charge in [-0.2, -0.15) is 0 Å². The van der Waals surface area contributed by atoms with Gasteiger partial charge in [-0.1, -0.05) is 19.1 Å². The lowest BCUT2D eigenvalue weighted by Crippen LogP contribution is -2.42. The summed E-state index contributed by atoms with van der Waals surface area (Å²) >= 11 is 0. The number of hydrogen-bond acceptors (Lipinski definition) is 2. The number of carbonyl (C=O) groups excluding carboxylic acids is 1. The average Bonchev–Trinajstić information content (AvgIpc) is 2.36. The van der Waals surface area contributed by atoms with Gasteiger partial charge in [0.1, 0.15) is 5.75 Å². The van der Waals surface area contributed by atoms with E-state index < -0.39 is 0 Å². The zero-order valence-electron chi connectivity index (χ0n) is 12.7. The van der Waals surface area contributed by atoms with Crippen molar-refractivity contribution in [3.8, 4) is 5.75 Å². The fraction of sp³-hybridized carbons (Fsp3) is 0.562. The molecule has 0 aliphatic heterocycles. The summed E-state index contributed by atoms with van der Waals surface area (Å²) in [6.07, 6.45) is 2.21. The first-order chi connectivity index (χ1) is 8.88. The van der Waals surface area contributed by atoms with Crippen LogP contribution in [0.25, 0.3) is 0 Å². The van der Waals surface area contributed by atoms with E-state index in [1.54, 1.807) is 7.11 Å². The maximum Gasteiger partial charge on any atom is 0.220 e. The lowest BCUT2D eigenvalue weighted by molar-refractivity contribution is -0.122. The van der Waals surface area contributed by atoms with E-state index in [1.165, 1.54) is 5.56 Å². The van der Waals surface area contributed by atoms with Crippen LogP contribution in [-0.2, 0) is 11.2 Å². The molecule has 0 radical (unpaired) electrons. The topological polar surface area (TPSA) is 38.3 Å². The Morgan fingerprint density at radius 3 is 2.58 bits per heavy atom. The third-order valence-electron chi connectivity index (χ3n) is 3.46. The number of carbonyl (C=O) groups is 1. The van der Waals surface area contributed by atoms with Crippen LogP contribution in [-0.4, -0.2) is 18.6 Å². The predicted molar refractivity (Wildman–Crippen MR) is 78.6 cm³/mol. The van der Waals surface area contributed by atoms with E-state index >= 15 is 0 Å². The quantitative estimate of drug-likeness (QED) is 0.855. The second-order valence-corrected chi connectivity index (χ2v) is 5.59. The second kappa shape index (κ2) is 6.60. The summed E-state index contributed by atoms with van der Waals surface area (Å²) in [4.78, 5) is 11.9. The van der Waals surface area contributed by atoms with Crippen molar-refractivity contribution in [1.82, 2.24) is 5.32 Å². The Hall–Kier alpha value is -1.51. The summed E-state index contributed by atoms with van der Waals surface area (Å²) < 4.78 is 5.23. The van der Waals surface area contributed by atoms with Gasteiger partial charge in [0.25, 0.3) is 0 Å². The third kappa shape index (κ3) is 4.93. The molecule has 0 aromatic heterocycles. The van der Waals surface area contributed by atoms with Crippen LogP contribution in [0, 0.1) is 6.92 Å². The molecule has 0 unspecified atom stereocenters. The molecular weight excluding hydrogens is 238 g/mol. The summed E-state index contributed by atoms with van der Waals surface area (Å²) in [5, 5.41) is 3.05. The highest BCUT2D eigenvalue weighted by atomic mass is 16.5. The molecule has 0 saturated carbocycles. The van der Waals surface area contributed by atoms with Gasteiger partial charge in [0.2, 0.25) is 5.91 Å². The van der Waals surface area contributed by atoms with Gasteiger partial charge in [-0.05, 0) is 50.8 Å². The molecule has 3 nitrogen and oxygen atoms in total. The molecule has 0 fully saturated rings. The first-order valence-electron chi connectivity index (χ1n) is 6.82. The van der Waals surface area contributed by atoms with Crippen molar-refractivity contribution in [3.63, 3.8) is 0 Å². The number of aryl methyl sites for hydroxylation is 2. The minimum absolute atomic E-state index is 0.111. The number of hydrogen-bond donors (Lipinski definition) is 1. The number of rotatable bonds is 6. The van der Waals surface area contributed by atoms with Crippen LogP contribution in [0.2, 0.25) is 0 Å². The molecular formula is C16H25NO2. The molecule has 3 heteroatoms. The molecule has 0 saturated heterocycles. The molecule has 0 atom stereocenters. The van der Waals surface area contributed by atoms with Crippen molar-refractivity contribution in [3.05, 3.63) is 29.3 Å². The van der Waals surface area contributed by atoms with Crippen LogP contribution < -0.4 is 10.1 Å². The molecule has 0 aliphatic carbocycles. The van der Waals surface area contributed by atoms with Crippen LogP contribution in [0.15, 0.2) is 18.2 Å². The van der Waals surface area contributed by atoms with Gasteiger partial charge >= 0.3 is 0 Å². The highest BCUT2D eigenvalue weighted by Gasteiger charge is 2.17. The minimum atomic E-state index is -0.118. The van der Waals surface area contributed by atoms with Crippen LogP contribution >= 0.6 is 0 Å². The van der Waals surface area contributed by atoms with Crippen LogP contribution in [0.1, 0.15) is 44.7 Å². The Bertz CT molecular complexity index is 438. The van der Waals surface area contributed by atoms with Gasteiger partial charge in [-0.15, -0.1) is 0 Å². The molecule has 19 heavy (non-hydrogen) atoms. The van der Waals surface area contributed by atoms with Crippen LogP contribution in [0.4, 0.5) is 0 Å². The molecule has 1 N–H and O–H groups in total. The summed E-state index contributed by atoms with van der Waals surface area (Å²) in [7, 11) is 1.67. The lowest BCUT2D eigenvalue weighted by atomic mass is 10.0. The minimum Gasteiger partial charge on any atom is -0.496 e. The van der Waals surface area contributed by atoms with E-state index in [0.717, 1.165) is 24.2 Å².